The molecule has 7 nitrogen and oxygen atoms in total. The summed E-state index contributed by atoms with van der Waals surface area (Å²) in [5, 5.41) is 12.8. The first-order chi connectivity index (χ1) is 8.52. The van der Waals surface area contributed by atoms with E-state index >= 15 is 0 Å². The third-order valence-corrected chi connectivity index (χ3v) is 2.42. The molecule has 0 amide bonds. The van der Waals surface area contributed by atoms with Gasteiger partial charge in [-0.3, -0.25) is 4.98 Å². The highest BCUT2D eigenvalue weighted by Crippen LogP contribution is 2.24. The van der Waals surface area contributed by atoms with Crippen LogP contribution >= 0.6 is 11.6 Å². The van der Waals surface area contributed by atoms with Crippen LogP contribution in [-0.4, -0.2) is 33.0 Å². The largest absolute Gasteiger partial charge is 0.494 e. The molecule has 0 unspecified atom stereocenters. The molecule has 0 saturated heterocycles. The average Bonchev–Trinajstić information content (AvgIpc) is 2.71. The van der Waals surface area contributed by atoms with E-state index in [2.05, 4.69) is 10.1 Å². The van der Waals surface area contributed by atoms with E-state index in [1.807, 2.05) is 0 Å². The van der Waals surface area contributed by atoms with Crippen molar-refractivity contribution in [2.24, 2.45) is 0 Å². The predicted molar refractivity (Wildman–Crippen MR) is 62.7 cm³/mol. The number of aromatic carboxylic acids is 1. The Morgan fingerprint density at radius 3 is 2.83 bits per heavy atom. The summed E-state index contributed by atoms with van der Waals surface area (Å²) in [5.41, 5.74) is -0.424. The number of H-pyrrole nitrogens is 1. The van der Waals surface area contributed by atoms with Crippen LogP contribution in [0.1, 0.15) is 10.6 Å². The van der Waals surface area contributed by atoms with Crippen LogP contribution in [0.25, 0.3) is 5.69 Å². The van der Waals surface area contributed by atoms with Crippen molar-refractivity contribution in [3.8, 4) is 11.4 Å². The molecule has 0 spiro atoms. The molecule has 94 valence electrons. The Balaban J connectivity index is 2.64. The maximum atomic E-state index is 11.6. The van der Waals surface area contributed by atoms with Gasteiger partial charge < -0.3 is 9.84 Å². The van der Waals surface area contributed by atoms with Gasteiger partial charge >= 0.3 is 11.7 Å². The normalized spacial score (nSPS) is 10.3. The van der Waals surface area contributed by atoms with Crippen molar-refractivity contribution in [3.63, 3.8) is 0 Å². The molecule has 18 heavy (non-hydrogen) atoms. The number of benzene rings is 1. The van der Waals surface area contributed by atoms with Crippen LogP contribution in [0.3, 0.4) is 0 Å². The molecule has 0 aliphatic carbocycles. The first kappa shape index (κ1) is 12.2. The smallest absolute Gasteiger partial charge is 0.373 e. The Bertz CT molecular complexity index is 661. The summed E-state index contributed by atoms with van der Waals surface area (Å²) in [5.74, 6) is -1.43. The first-order valence-corrected chi connectivity index (χ1v) is 5.17. The maximum Gasteiger partial charge on any atom is 0.373 e. The van der Waals surface area contributed by atoms with Gasteiger partial charge in [-0.05, 0) is 18.2 Å². The fourth-order valence-electron chi connectivity index (χ4n) is 1.41. The fraction of sp³-hybridized carbons (Fsp3) is 0.100. The summed E-state index contributed by atoms with van der Waals surface area (Å²) in [6.45, 7) is 0. The highest BCUT2D eigenvalue weighted by molar-refractivity contribution is 6.30. The van der Waals surface area contributed by atoms with Gasteiger partial charge in [0.05, 0.1) is 7.11 Å². The van der Waals surface area contributed by atoms with Gasteiger partial charge in [-0.15, -0.1) is 5.10 Å². The molecule has 0 saturated carbocycles. The lowest BCUT2D eigenvalue weighted by Crippen LogP contribution is -2.16. The molecule has 2 N–H and O–H groups in total. The number of methoxy groups -OCH3 is 1. The van der Waals surface area contributed by atoms with E-state index in [-0.39, 0.29) is 5.69 Å². The minimum absolute atomic E-state index is 0.263. The Kier molecular flexibility index (Phi) is 3.07. The van der Waals surface area contributed by atoms with Gasteiger partial charge in [0, 0.05) is 5.02 Å². The predicted octanol–water partition coefficient (Wildman–Crippen LogP) is 0.921. The van der Waals surface area contributed by atoms with Gasteiger partial charge in [-0.25, -0.2) is 9.59 Å². The van der Waals surface area contributed by atoms with E-state index in [0.717, 1.165) is 4.68 Å². The molecule has 0 atom stereocenters. The number of aromatic nitrogens is 3. The lowest BCUT2D eigenvalue weighted by atomic mass is 10.3. The molecule has 2 aromatic rings. The molecule has 0 aliphatic heterocycles. The second kappa shape index (κ2) is 4.53. The highest BCUT2D eigenvalue weighted by atomic mass is 35.5. The van der Waals surface area contributed by atoms with Crippen molar-refractivity contribution < 1.29 is 14.6 Å². The number of aromatic amines is 1. The van der Waals surface area contributed by atoms with Crippen molar-refractivity contribution in [1.82, 2.24) is 14.8 Å². The molecule has 1 aromatic carbocycles. The zero-order chi connectivity index (χ0) is 13.3. The van der Waals surface area contributed by atoms with Crippen molar-refractivity contribution in [2.45, 2.75) is 0 Å². The highest BCUT2D eigenvalue weighted by Gasteiger charge is 2.15. The molecular formula is C10H8ClN3O4. The number of hydrogen-bond acceptors (Lipinski definition) is 4. The minimum Gasteiger partial charge on any atom is -0.494 e. The van der Waals surface area contributed by atoms with Crippen LogP contribution in [-0.2, 0) is 0 Å². The van der Waals surface area contributed by atoms with Crippen LogP contribution < -0.4 is 10.4 Å². The van der Waals surface area contributed by atoms with Crippen LogP contribution in [0.5, 0.6) is 5.75 Å². The number of ether oxygens (including phenoxy) is 1. The average molecular weight is 270 g/mol. The molecule has 0 radical (unpaired) electrons. The summed E-state index contributed by atoms with van der Waals surface area (Å²) in [6, 6.07) is 4.59. The number of hydrogen-bond donors (Lipinski definition) is 2. The number of nitrogens with one attached hydrogen (secondary N) is 1. The maximum absolute atomic E-state index is 11.6. The lowest BCUT2D eigenvalue weighted by Gasteiger charge is -2.07. The Morgan fingerprint density at radius 2 is 2.28 bits per heavy atom. The number of carboxylic acid groups (broad SMARTS) is 1. The Morgan fingerprint density at radius 1 is 1.56 bits per heavy atom. The zero-order valence-corrected chi connectivity index (χ0v) is 9.93. The van der Waals surface area contributed by atoms with E-state index in [4.69, 9.17) is 21.4 Å². The van der Waals surface area contributed by atoms with E-state index in [9.17, 15) is 9.59 Å². The van der Waals surface area contributed by atoms with E-state index in [1.54, 1.807) is 12.1 Å². The molecule has 0 bridgehead atoms. The fourth-order valence-corrected chi connectivity index (χ4v) is 1.58. The SMILES string of the molecule is COc1ccc(Cl)cc1-n1nc(C(=O)O)[nH]c1=O. The molecule has 8 heteroatoms. The number of carbonyl (C=O) groups is 1. The van der Waals surface area contributed by atoms with Gasteiger partial charge in [-0.2, -0.15) is 4.68 Å². The third-order valence-electron chi connectivity index (χ3n) is 2.19. The third kappa shape index (κ3) is 2.07. The van der Waals surface area contributed by atoms with Gasteiger partial charge in [0.2, 0.25) is 5.82 Å². The lowest BCUT2D eigenvalue weighted by molar-refractivity contribution is 0.0683. The van der Waals surface area contributed by atoms with Crippen LogP contribution in [0.2, 0.25) is 5.02 Å². The van der Waals surface area contributed by atoms with E-state index in [1.165, 1.54) is 13.2 Å². The summed E-state index contributed by atoms with van der Waals surface area (Å²) < 4.78 is 5.94. The number of carboxylic acids is 1. The topological polar surface area (TPSA) is 97.2 Å². The van der Waals surface area contributed by atoms with Gasteiger partial charge in [0.25, 0.3) is 0 Å². The number of nitrogens with zero attached hydrogens (tertiary/aromatic N) is 2. The standard InChI is InChI=1S/C10H8ClN3O4/c1-18-7-3-2-5(11)4-6(7)14-10(17)12-8(13-14)9(15)16/h2-4H,1H3,(H,15,16)(H,12,13,17). The van der Waals surface area contributed by atoms with Crippen molar-refractivity contribution >= 4 is 17.6 Å². The second-order valence-corrected chi connectivity index (χ2v) is 3.75. The van der Waals surface area contributed by atoms with Gasteiger partial charge in [0.1, 0.15) is 11.4 Å². The molecule has 2 rings (SSSR count). The summed E-state index contributed by atoms with van der Waals surface area (Å²) in [7, 11) is 1.42. The Hall–Kier alpha value is -2.28. The van der Waals surface area contributed by atoms with Crippen molar-refractivity contribution in [3.05, 3.63) is 39.5 Å². The number of halogens is 1. The number of rotatable bonds is 3. The monoisotopic (exact) mass is 269 g/mol. The minimum atomic E-state index is -1.33. The Labute approximate surface area is 106 Å². The zero-order valence-electron chi connectivity index (χ0n) is 9.18. The molecule has 0 fully saturated rings. The summed E-state index contributed by atoms with van der Waals surface area (Å²) in [4.78, 5) is 24.4. The van der Waals surface area contributed by atoms with Crippen molar-refractivity contribution in [2.75, 3.05) is 7.11 Å². The molecule has 1 aromatic heterocycles. The van der Waals surface area contributed by atoms with Crippen molar-refractivity contribution in [1.29, 1.82) is 0 Å². The van der Waals surface area contributed by atoms with E-state index < -0.39 is 17.5 Å². The second-order valence-electron chi connectivity index (χ2n) is 3.31. The summed E-state index contributed by atoms with van der Waals surface area (Å²) >= 11 is 5.82. The van der Waals surface area contributed by atoms with Crippen LogP contribution in [0, 0.1) is 0 Å². The van der Waals surface area contributed by atoms with Crippen LogP contribution in [0.4, 0.5) is 0 Å². The molecule has 0 aliphatic rings. The van der Waals surface area contributed by atoms with Gasteiger partial charge in [-0.1, -0.05) is 11.6 Å². The van der Waals surface area contributed by atoms with Crippen LogP contribution in [0.15, 0.2) is 23.0 Å². The summed E-state index contributed by atoms with van der Waals surface area (Å²) in [6.07, 6.45) is 0. The van der Waals surface area contributed by atoms with Gasteiger partial charge in [0.15, 0.2) is 0 Å². The molecular weight excluding hydrogens is 262 g/mol. The van der Waals surface area contributed by atoms with E-state index in [0.29, 0.717) is 10.8 Å². The quantitative estimate of drug-likeness (QED) is 0.863. The molecule has 1 heterocycles. The first-order valence-electron chi connectivity index (χ1n) is 4.79.